The highest BCUT2D eigenvalue weighted by Crippen LogP contribution is 2.16. The van der Waals surface area contributed by atoms with Crippen molar-refractivity contribution in [2.75, 3.05) is 40.3 Å². The molecule has 2 rings (SSSR count). The van der Waals surface area contributed by atoms with Gasteiger partial charge in [0.05, 0.1) is 0 Å². The van der Waals surface area contributed by atoms with Gasteiger partial charge < -0.3 is 15.5 Å². The molecular weight excluding hydrogens is 326 g/mol. The molecule has 1 aliphatic heterocycles. The van der Waals surface area contributed by atoms with E-state index in [1.165, 1.54) is 11.1 Å². The molecule has 0 spiro atoms. The number of nitrogens with zero attached hydrogens (tertiary/aromatic N) is 3. The predicted octanol–water partition coefficient (Wildman–Crippen LogP) is 1.60. The van der Waals surface area contributed by atoms with E-state index >= 15 is 0 Å². The van der Waals surface area contributed by atoms with Crippen molar-refractivity contribution in [3.63, 3.8) is 0 Å². The van der Waals surface area contributed by atoms with E-state index in [1.807, 2.05) is 6.92 Å². The summed E-state index contributed by atoms with van der Waals surface area (Å²) in [6.07, 6.45) is 2.16. The maximum Gasteiger partial charge on any atom is 0.243 e. The van der Waals surface area contributed by atoms with Crippen LogP contribution in [0.25, 0.3) is 0 Å². The molecule has 0 unspecified atom stereocenters. The lowest BCUT2D eigenvalue weighted by atomic mass is 10.0. The summed E-state index contributed by atoms with van der Waals surface area (Å²) in [5.74, 6) is 0.746. The minimum absolute atomic E-state index is 0.00949. The number of piperidine rings is 1. The number of carbonyl (C=O) groups is 1. The first-order valence-electron chi connectivity index (χ1n) is 9.51. The lowest BCUT2D eigenvalue weighted by Crippen LogP contribution is -2.48. The maximum absolute atomic E-state index is 11.7. The minimum Gasteiger partial charge on any atom is -0.357 e. The van der Waals surface area contributed by atoms with E-state index in [0.717, 1.165) is 45.0 Å². The topological polar surface area (TPSA) is 60.0 Å². The normalized spacial score (nSPS) is 16.4. The second kappa shape index (κ2) is 10.2. The smallest absolute Gasteiger partial charge is 0.243 e. The van der Waals surface area contributed by atoms with Gasteiger partial charge in [-0.1, -0.05) is 24.3 Å². The number of rotatable bonds is 6. The molecule has 0 aromatic heterocycles. The molecule has 0 saturated carbocycles. The summed E-state index contributed by atoms with van der Waals surface area (Å²) < 4.78 is 0. The van der Waals surface area contributed by atoms with Gasteiger partial charge in [0.1, 0.15) is 6.54 Å². The first kappa shape index (κ1) is 20.2. The van der Waals surface area contributed by atoms with Crippen LogP contribution in [-0.4, -0.2) is 68.0 Å². The zero-order valence-corrected chi connectivity index (χ0v) is 16.6. The molecule has 144 valence electrons. The number of aliphatic imine (C=N–C) groups is 1. The van der Waals surface area contributed by atoms with Crippen LogP contribution in [0, 0.1) is 6.92 Å². The highest BCUT2D eigenvalue weighted by Gasteiger charge is 2.20. The summed E-state index contributed by atoms with van der Waals surface area (Å²) in [5.41, 5.74) is 2.77. The maximum atomic E-state index is 11.7. The number of carbonyl (C=O) groups excluding carboxylic acids is 1. The molecule has 2 N–H and O–H groups in total. The van der Waals surface area contributed by atoms with Crippen molar-refractivity contribution in [2.24, 2.45) is 4.99 Å². The Balaban J connectivity index is 1.83. The van der Waals surface area contributed by atoms with Gasteiger partial charge in [0.25, 0.3) is 0 Å². The van der Waals surface area contributed by atoms with Crippen LogP contribution in [0.2, 0.25) is 0 Å². The molecule has 1 aliphatic rings. The average Bonchev–Trinajstić information content (AvgIpc) is 2.63. The third kappa shape index (κ3) is 6.33. The van der Waals surface area contributed by atoms with Crippen molar-refractivity contribution in [1.29, 1.82) is 0 Å². The Kier molecular flexibility index (Phi) is 7.91. The highest BCUT2D eigenvalue weighted by molar-refractivity contribution is 5.84. The number of aryl methyl sites for hydroxylation is 1. The van der Waals surface area contributed by atoms with E-state index in [9.17, 15) is 4.79 Å². The first-order valence-corrected chi connectivity index (χ1v) is 9.51. The van der Waals surface area contributed by atoms with E-state index in [4.69, 9.17) is 0 Å². The fraction of sp³-hybridized carbons (Fsp3) is 0.600. The Morgan fingerprint density at radius 3 is 2.58 bits per heavy atom. The van der Waals surface area contributed by atoms with Gasteiger partial charge in [-0.3, -0.25) is 9.69 Å². The van der Waals surface area contributed by atoms with Gasteiger partial charge >= 0.3 is 0 Å². The third-order valence-electron chi connectivity index (χ3n) is 4.80. The standard InChI is InChI=1S/C20H33N5O/c1-5-21-20(22-14-19(26)24(3)4)23-18-10-12-25(13-11-18)15-17-9-7-6-8-16(17)2/h6-9,18H,5,10-15H2,1-4H3,(H2,21,22,23). The van der Waals surface area contributed by atoms with E-state index in [0.29, 0.717) is 6.04 Å². The molecule has 1 fully saturated rings. The summed E-state index contributed by atoms with van der Waals surface area (Å²) >= 11 is 0. The Morgan fingerprint density at radius 2 is 1.96 bits per heavy atom. The largest absolute Gasteiger partial charge is 0.357 e. The van der Waals surface area contributed by atoms with Gasteiger partial charge in [-0.2, -0.15) is 0 Å². The molecule has 1 saturated heterocycles. The van der Waals surface area contributed by atoms with Crippen molar-refractivity contribution < 1.29 is 4.79 Å². The van der Waals surface area contributed by atoms with Crippen LogP contribution in [0.3, 0.4) is 0 Å². The number of amides is 1. The lowest BCUT2D eigenvalue weighted by Gasteiger charge is -2.33. The highest BCUT2D eigenvalue weighted by atomic mass is 16.2. The molecule has 26 heavy (non-hydrogen) atoms. The second-order valence-corrected chi connectivity index (χ2v) is 7.10. The number of hydrogen-bond donors (Lipinski definition) is 2. The van der Waals surface area contributed by atoms with Gasteiger partial charge in [-0.05, 0) is 37.8 Å². The Bertz CT molecular complexity index is 606. The van der Waals surface area contributed by atoms with Crippen molar-refractivity contribution in [2.45, 2.75) is 39.3 Å². The molecule has 1 heterocycles. The zero-order valence-electron chi connectivity index (χ0n) is 16.6. The molecule has 0 atom stereocenters. The number of nitrogens with one attached hydrogen (secondary N) is 2. The van der Waals surface area contributed by atoms with Crippen LogP contribution in [-0.2, 0) is 11.3 Å². The van der Waals surface area contributed by atoms with Crippen LogP contribution in [0.5, 0.6) is 0 Å². The summed E-state index contributed by atoms with van der Waals surface area (Å²) in [6, 6.07) is 9.01. The van der Waals surface area contributed by atoms with Crippen LogP contribution in [0.4, 0.5) is 0 Å². The van der Waals surface area contributed by atoms with Gasteiger partial charge in [0.2, 0.25) is 5.91 Å². The third-order valence-corrected chi connectivity index (χ3v) is 4.80. The molecule has 6 heteroatoms. The summed E-state index contributed by atoms with van der Waals surface area (Å²) in [5, 5.41) is 6.73. The molecule has 0 aliphatic carbocycles. The Labute approximate surface area is 157 Å². The molecule has 1 amide bonds. The van der Waals surface area contributed by atoms with Gasteiger partial charge in [-0.15, -0.1) is 0 Å². The lowest BCUT2D eigenvalue weighted by molar-refractivity contribution is -0.127. The average molecular weight is 360 g/mol. The molecule has 1 aromatic carbocycles. The first-order chi connectivity index (χ1) is 12.5. The molecule has 0 bridgehead atoms. The fourth-order valence-corrected chi connectivity index (χ4v) is 3.07. The number of hydrogen-bond acceptors (Lipinski definition) is 3. The Morgan fingerprint density at radius 1 is 1.27 bits per heavy atom. The van der Waals surface area contributed by atoms with Crippen molar-refractivity contribution in [1.82, 2.24) is 20.4 Å². The number of benzene rings is 1. The Hall–Kier alpha value is -2.08. The SMILES string of the molecule is CCNC(=NCC(=O)N(C)C)NC1CCN(Cc2ccccc2C)CC1. The van der Waals surface area contributed by atoms with Crippen LogP contribution in [0.1, 0.15) is 30.9 Å². The van der Waals surface area contributed by atoms with Crippen molar-refractivity contribution in [3.05, 3.63) is 35.4 Å². The summed E-state index contributed by atoms with van der Waals surface area (Å²) in [6.45, 7) is 8.34. The number of guanidine groups is 1. The second-order valence-electron chi connectivity index (χ2n) is 7.10. The van der Waals surface area contributed by atoms with E-state index in [-0.39, 0.29) is 12.5 Å². The van der Waals surface area contributed by atoms with Crippen LogP contribution in [0.15, 0.2) is 29.3 Å². The monoisotopic (exact) mass is 359 g/mol. The number of likely N-dealkylation sites (N-methyl/N-ethyl adjacent to an activating group) is 1. The zero-order chi connectivity index (χ0) is 18.9. The molecule has 6 nitrogen and oxygen atoms in total. The van der Waals surface area contributed by atoms with Crippen molar-refractivity contribution in [3.8, 4) is 0 Å². The van der Waals surface area contributed by atoms with Gasteiger partial charge in [0.15, 0.2) is 5.96 Å². The fourth-order valence-electron chi connectivity index (χ4n) is 3.07. The predicted molar refractivity (Wildman–Crippen MR) is 107 cm³/mol. The number of likely N-dealkylation sites (tertiary alicyclic amines) is 1. The van der Waals surface area contributed by atoms with Gasteiger partial charge in [0, 0.05) is 46.3 Å². The quantitative estimate of drug-likeness (QED) is 0.598. The molecule has 0 radical (unpaired) electrons. The van der Waals surface area contributed by atoms with Crippen LogP contribution >= 0.6 is 0 Å². The summed E-state index contributed by atoms with van der Waals surface area (Å²) in [7, 11) is 3.50. The minimum atomic E-state index is 0.00949. The molecular formula is C20H33N5O. The van der Waals surface area contributed by atoms with Gasteiger partial charge in [-0.25, -0.2) is 4.99 Å². The van der Waals surface area contributed by atoms with Crippen LogP contribution < -0.4 is 10.6 Å². The van der Waals surface area contributed by atoms with E-state index < -0.39 is 0 Å². The summed E-state index contributed by atoms with van der Waals surface area (Å²) in [4.78, 5) is 20.2. The van der Waals surface area contributed by atoms with E-state index in [2.05, 4.69) is 51.7 Å². The molecule has 1 aromatic rings. The van der Waals surface area contributed by atoms with E-state index in [1.54, 1.807) is 19.0 Å². The van der Waals surface area contributed by atoms with Crippen molar-refractivity contribution >= 4 is 11.9 Å².